The Hall–Kier alpha value is -3.41. The molecular formula is C21H21N3O3. The van der Waals surface area contributed by atoms with Gasteiger partial charge < -0.3 is 10.1 Å². The van der Waals surface area contributed by atoms with E-state index in [1.165, 1.54) is 7.11 Å². The Morgan fingerprint density at radius 2 is 1.70 bits per heavy atom. The number of nitrogens with one attached hydrogen (secondary N) is 1. The summed E-state index contributed by atoms with van der Waals surface area (Å²) in [4.78, 5) is 24.5. The molecule has 0 fully saturated rings. The van der Waals surface area contributed by atoms with E-state index in [0.717, 1.165) is 22.6 Å². The fourth-order valence-corrected chi connectivity index (χ4v) is 2.99. The van der Waals surface area contributed by atoms with Crippen molar-refractivity contribution in [2.24, 2.45) is 0 Å². The summed E-state index contributed by atoms with van der Waals surface area (Å²) in [5, 5.41) is 7.36. The molecule has 1 amide bonds. The Morgan fingerprint density at radius 3 is 2.41 bits per heavy atom. The van der Waals surface area contributed by atoms with Gasteiger partial charge in [-0.2, -0.15) is 5.10 Å². The van der Waals surface area contributed by atoms with Crippen LogP contribution in [0.25, 0.3) is 5.69 Å². The smallest absolute Gasteiger partial charge is 0.339 e. The van der Waals surface area contributed by atoms with E-state index in [0.29, 0.717) is 11.3 Å². The molecule has 0 aliphatic rings. The molecule has 3 rings (SSSR count). The zero-order valence-electron chi connectivity index (χ0n) is 15.5. The standard InChI is InChI=1S/C21H21N3O3/c1-14-18(15(2)24(23-14)16-9-5-4-6-10-16)13-20(25)22-19-12-8-7-11-17(19)21(26)27-3/h4-12H,13H2,1-3H3,(H,22,25). The van der Waals surface area contributed by atoms with Crippen molar-refractivity contribution in [3.05, 3.63) is 77.1 Å². The van der Waals surface area contributed by atoms with Crippen molar-refractivity contribution >= 4 is 17.6 Å². The Labute approximate surface area is 157 Å². The lowest BCUT2D eigenvalue weighted by Crippen LogP contribution is -2.18. The third kappa shape index (κ3) is 3.89. The van der Waals surface area contributed by atoms with Crippen molar-refractivity contribution in [3.63, 3.8) is 0 Å². The molecule has 0 saturated heterocycles. The molecule has 0 bridgehead atoms. The van der Waals surface area contributed by atoms with Crippen molar-refractivity contribution in [1.29, 1.82) is 0 Å². The van der Waals surface area contributed by atoms with E-state index in [2.05, 4.69) is 10.4 Å². The number of methoxy groups -OCH3 is 1. The number of benzene rings is 2. The molecule has 1 heterocycles. The molecule has 3 aromatic rings. The lowest BCUT2D eigenvalue weighted by Gasteiger charge is -2.10. The molecule has 0 aliphatic carbocycles. The Kier molecular flexibility index (Phi) is 5.35. The maximum Gasteiger partial charge on any atom is 0.339 e. The van der Waals surface area contributed by atoms with Crippen LogP contribution in [-0.4, -0.2) is 28.8 Å². The summed E-state index contributed by atoms with van der Waals surface area (Å²) in [6.45, 7) is 3.83. The topological polar surface area (TPSA) is 73.2 Å². The van der Waals surface area contributed by atoms with Crippen LogP contribution in [0.4, 0.5) is 5.69 Å². The minimum atomic E-state index is -0.491. The van der Waals surface area contributed by atoms with Gasteiger partial charge in [0.15, 0.2) is 0 Å². The van der Waals surface area contributed by atoms with Crippen molar-refractivity contribution < 1.29 is 14.3 Å². The van der Waals surface area contributed by atoms with Crippen LogP contribution in [0.3, 0.4) is 0 Å². The van der Waals surface area contributed by atoms with E-state index < -0.39 is 5.97 Å². The summed E-state index contributed by atoms with van der Waals surface area (Å²) in [7, 11) is 1.31. The van der Waals surface area contributed by atoms with Gasteiger partial charge in [0.1, 0.15) is 0 Å². The lowest BCUT2D eigenvalue weighted by atomic mass is 10.1. The van der Waals surface area contributed by atoms with Crippen molar-refractivity contribution in [3.8, 4) is 5.69 Å². The molecule has 138 valence electrons. The molecule has 0 saturated carbocycles. The first-order valence-corrected chi connectivity index (χ1v) is 8.59. The quantitative estimate of drug-likeness (QED) is 0.705. The van der Waals surface area contributed by atoms with Gasteiger partial charge >= 0.3 is 5.97 Å². The van der Waals surface area contributed by atoms with E-state index in [9.17, 15) is 9.59 Å². The summed E-state index contributed by atoms with van der Waals surface area (Å²) in [6, 6.07) is 16.5. The van der Waals surface area contributed by atoms with Crippen LogP contribution in [0.2, 0.25) is 0 Å². The van der Waals surface area contributed by atoms with Crippen LogP contribution >= 0.6 is 0 Å². The second-order valence-electron chi connectivity index (χ2n) is 6.16. The molecule has 27 heavy (non-hydrogen) atoms. The molecular weight excluding hydrogens is 342 g/mol. The SMILES string of the molecule is COC(=O)c1ccccc1NC(=O)Cc1c(C)nn(-c2ccccc2)c1C. The number of hydrogen-bond donors (Lipinski definition) is 1. The summed E-state index contributed by atoms with van der Waals surface area (Å²) in [5.74, 6) is -0.708. The maximum absolute atomic E-state index is 12.6. The van der Waals surface area contributed by atoms with E-state index >= 15 is 0 Å². The van der Waals surface area contributed by atoms with Crippen LogP contribution in [0, 0.1) is 13.8 Å². The van der Waals surface area contributed by atoms with Gasteiger partial charge in [-0.1, -0.05) is 30.3 Å². The largest absolute Gasteiger partial charge is 0.465 e. The fraction of sp³-hybridized carbons (Fsp3) is 0.190. The van der Waals surface area contributed by atoms with E-state index in [1.54, 1.807) is 24.3 Å². The molecule has 0 spiro atoms. The average Bonchev–Trinajstić information content (AvgIpc) is 2.96. The third-order valence-corrected chi connectivity index (χ3v) is 4.39. The molecule has 1 N–H and O–H groups in total. The number of rotatable bonds is 5. The minimum absolute atomic E-state index is 0.167. The fourth-order valence-electron chi connectivity index (χ4n) is 2.99. The van der Waals surface area contributed by atoms with Gasteiger partial charge in [0.05, 0.1) is 36.2 Å². The highest BCUT2D eigenvalue weighted by Crippen LogP contribution is 2.20. The number of aryl methyl sites for hydroxylation is 1. The number of anilines is 1. The van der Waals surface area contributed by atoms with Gasteiger partial charge in [-0.15, -0.1) is 0 Å². The van der Waals surface area contributed by atoms with Gasteiger partial charge in [-0.05, 0) is 38.1 Å². The zero-order valence-corrected chi connectivity index (χ0v) is 15.5. The number of aromatic nitrogens is 2. The molecule has 0 atom stereocenters. The lowest BCUT2D eigenvalue weighted by molar-refractivity contribution is -0.115. The predicted molar refractivity (Wildman–Crippen MR) is 103 cm³/mol. The number of esters is 1. The summed E-state index contributed by atoms with van der Waals surface area (Å²) in [5.41, 5.74) is 4.28. The first kappa shape index (κ1) is 18.4. The van der Waals surface area contributed by atoms with E-state index in [4.69, 9.17) is 4.74 Å². The van der Waals surface area contributed by atoms with Gasteiger partial charge in [-0.25, -0.2) is 9.48 Å². The Balaban J connectivity index is 1.82. The van der Waals surface area contributed by atoms with Crippen LogP contribution < -0.4 is 5.32 Å². The molecule has 0 unspecified atom stereocenters. The number of carbonyl (C=O) groups is 2. The second kappa shape index (κ2) is 7.86. The molecule has 1 aromatic heterocycles. The minimum Gasteiger partial charge on any atom is -0.465 e. The normalized spacial score (nSPS) is 10.5. The van der Waals surface area contributed by atoms with Gasteiger partial charge in [0.25, 0.3) is 0 Å². The molecule has 0 aliphatic heterocycles. The highest BCUT2D eigenvalue weighted by atomic mass is 16.5. The van der Waals surface area contributed by atoms with Gasteiger partial charge in [-0.3, -0.25) is 4.79 Å². The molecule has 6 nitrogen and oxygen atoms in total. The maximum atomic E-state index is 12.6. The first-order valence-electron chi connectivity index (χ1n) is 8.59. The highest BCUT2D eigenvalue weighted by molar-refractivity contribution is 6.01. The highest BCUT2D eigenvalue weighted by Gasteiger charge is 2.18. The second-order valence-corrected chi connectivity index (χ2v) is 6.16. The van der Waals surface area contributed by atoms with Gasteiger partial charge in [0.2, 0.25) is 5.91 Å². The van der Waals surface area contributed by atoms with Crippen molar-refractivity contribution in [2.75, 3.05) is 12.4 Å². The Morgan fingerprint density at radius 1 is 1.04 bits per heavy atom. The van der Waals surface area contributed by atoms with Crippen LogP contribution in [-0.2, 0) is 16.0 Å². The monoisotopic (exact) mass is 363 g/mol. The molecule has 2 aromatic carbocycles. The van der Waals surface area contributed by atoms with Crippen molar-refractivity contribution in [2.45, 2.75) is 20.3 Å². The number of hydrogen-bond acceptors (Lipinski definition) is 4. The summed E-state index contributed by atoms with van der Waals surface area (Å²) < 4.78 is 6.60. The van der Waals surface area contributed by atoms with Crippen molar-refractivity contribution in [1.82, 2.24) is 9.78 Å². The van der Waals surface area contributed by atoms with Crippen LogP contribution in [0.1, 0.15) is 27.3 Å². The number of nitrogens with zero attached hydrogens (tertiary/aromatic N) is 2. The first-order chi connectivity index (χ1) is 13.0. The predicted octanol–water partition coefficient (Wildman–Crippen LogP) is 3.46. The number of amides is 1. The summed E-state index contributed by atoms with van der Waals surface area (Å²) in [6.07, 6.45) is 0.167. The van der Waals surface area contributed by atoms with Gasteiger partial charge in [0, 0.05) is 11.3 Å². The Bertz CT molecular complexity index is 978. The third-order valence-electron chi connectivity index (χ3n) is 4.39. The average molecular weight is 363 g/mol. The number of carbonyl (C=O) groups excluding carboxylic acids is 2. The summed E-state index contributed by atoms with van der Waals surface area (Å²) >= 11 is 0. The van der Waals surface area contributed by atoms with E-state index in [1.807, 2.05) is 48.9 Å². The molecule has 0 radical (unpaired) electrons. The van der Waals surface area contributed by atoms with E-state index in [-0.39, 0.29) is 12.3 Å². The van der Waals surface area contributed by atoms with Crippen LogP contribution in [0.15, 0.2) is 54.6 Å². The molecule has 6 heteroatoms. The zero-order chi connectivity index (χ0) is 19.4. The number of ether oxygens (including phenoxy) is 1. The van der Waals surface area contributed by atoms with Crippen LogP contribution in [0.5, 0.6) is 0 Å². The number of para-hydroxylation sites is 2.